The number of carbonyl (C=O) groups is 1. The van der Waals surface area contributed by atoms with Crippen molar-refractivity contribution < 1.29 is 39.1 Å². The van der Waals surface area contributed by atoms with E-state index in [1.165, 1.54) is 12.8 Å². The van der Waals surface area contributed by atoms with Crippen LogP contribution in [0.5, 0.6) is 0 Å². The molecule has 3 N–H and O–H groups in total. The van der Waals surface area contributed by atoms with Gasteiger partial charge in [-0.3, -0.25) is 4.79 Å². The maximum Gasteiger partial charge on any atom is 0.226 e. The summed E-state index contributed by atoms with van der Waals surface area (Å²) in [6, 6.07) is 0. The highest BCUT2D eigenvalue weighted by Crippen LogP contribution is 2.89. The zero-order chi connectivity index (χ0) is 34.9. The van der Waals surface area contributed by atoms with Crippen LogP contribution in [0.1, 0.15) is 113 Å². The fourth-order valence-electron chi connectivity index (χ4n) is 14.5. The number of hydrogen-bond donors (Lipinski definition) is 3. The standard InChI is InChI=1S/C40H65NO8/c1-23-20-25(32(42)36(4,5)45)48-31-30(23)37(6)14-15-40-22-39(40)13-10-28(35(2,3)26(39)8-9-27(40)38(37,7)33(31)43)49-29-21-41(16-19-47-29)34(44)24-11-17-46-18-12-24/h23-33,42-43,45H,8-22H2,1-7H3/t23-,25?,26+,27?,28?,29?,30?,31?,32?,33+,37?,38-,39?,40?/m1/s1. The molecule has 10 unspecified atom stereocenters. The number of morpholine rings is 1. The minimum Gasteiger partial charge on any atom is -0.390 e. The van der Waals surface area contributed by atoms with Crippen molar-refractivity contribution in [1.29, 1.82) is 0 Å². The fraction of sp³-hybridized carbons (Fsp3) is 0.975. The van der Waals surface area contributed by atoms with Crippen molar-refractivity contribution >= 4 is 5.91 Å². The van der Waals surface area contributed by atoms with Crippen LogP contribution in [0.3, 0.4) is 0 Å². The van der Waals surface area contributed by atoms with E-state index in [1.54, 1.807) is 13.8 Å². The van der Waals surface area contributed by atoms with Crippen molar-refractivity contribution in [2.45, 2.75) is 155 Å². The van der Waals surface area contributed by atoms with Gasteiger partial charge in [-0.1, -0.05) is 34.6 Å². The molecule has 1 amide bonds. The summed E-state index contributed by atoms with van der Waals surface area (Å²) >= 11 is 0. The van der Waals surface area contributed by atoms with Gasteiger partial charge in [0.05, 0.1) is 43.2 Å². The molecule has 0 aromatic carbocycles. The van der Waals surface area contributed by atoms with Gasteiger partial charge in [-0.15, -0.1) is 0 Å². The van der Waals surface area contributed by atoms with Crippen LogP contribution in [0.25, 0.3) is 0 Å². The van der Waals surface area contributed by atoms with Crippen LogP contribution in [0.15, 0.2) is 0 Å². The van der Waals surface area contributed by atoms with E-state index < -0.39 is 23.9 Å². The molecule has 9 nitrogen and oxygen atoms in total. The van der Waals surface area contributed by atoms with Crippen LogP contribution < -0.4 is 0 Å². The highest BCUT2D eigenvalue weighted by atomic mass is 16.7. The number of rotatable bonds is 5. The fourth-order valence-corrected chi connectivity index (χ4v) is 14.5. The molecule has 14 atom stereocenters. The lowest BCUT2D eigenvalue weighted by molar-refractivity contribution is -0.248. The Balaban J connectivity index is 0.993. The van der Waals surface area contributed by atoms with Gasteiger partial charge >= 0.3 is 0 Å². The Bertz CT molecular complexity index is 1300. The van der Waals surface area contributed by atoms with Crippen molar-refractivity contribution in [2.75, 3.05) is 32.9 Å². The van der Waals surface area contributed by atoms with Crippen molar-refractivity contribution in [2.24, 2.45) is 56.7 Å². The van der Waals surface area contributed by atoms with Gasteiger partial charge in [0.1, 0.15) is 6.10 Å². The highest BCUT2D eigenvalue weighted by molar-refractivity contribution is 5.79. The second kappa shape index (κ2) is 11.6. The Morgan fingerprint density at radius 3 is 2.37 bits per heavy atom. The quantitative estimate of drug-likeness (QED) is 0.373. The molecule has 9 heteroatoms. The molecule has 3 heterocycles. The SMILES string of the molecule is C[C@@H]1CC(C(O)C(C)(C)O)OC2C1C1(C)CCC34CC35CCC(OC3CN(C(=O)C6CCOCC6)CCO3)C(C)(C)[C@@H]5CCC4[C@]1(C)[C@H]2O. The summed E-state index contributed by atoms with van der Waals surface area (Å²) in [6.45, 7) is 18.3. The monoisotopic (exact) mass is 687 g/mol. The van der Waals surface area contributed by atoms with Gasteiger partial charge in [-0.2, -0.15) is 0 Å². The average molecular weight is 688 g/mol. The van der Waals surface area contributed by atoms with Crippen molar-refractivity contribution in [1.82, 2.24) is 4.90 Å². The van der Waals surface area contributed by atoms with E-state index in [0.29, 0.717) is 51.2 Å². The highest BCUT2D eigenvalue weighted by Gasteiger charge is 2.84. The number of aliphatic hydroxyl groups is 3. The number of aliphatic hydroxyl groups excluding tert-OH is 2. The number of hydrogen-bond acceptors (Lipinski definition) is 8. The summed E-state index contributed by atoms with van der Waals surface area (Å²) in [6.07, 6.45) is 7.61. The third-order valence-corrected chi connectivity index (χ3v) is 17.1. The predicted octanol–water partition coefficient (Wildman–Crippen LogP) is 4.93. The van der Waals surface area contributed by atoms with Gasteiger partial charge in [-0.05, 0) is 123 Å². The molecule has 8 aliphatic rings. The lowest BCUT2D eigenvalue weighted by atomic mass is 9.41. The third kappa shape index (κ3) is 4.83. The largest absolute Gasteiger partial charge is 0.390 e. The molecule has 0 bridgehead atoms. The molecular formula is C40H65NO8. The number of ether oxygens (including phenoxy) is 4. The summed E-state index contributed by atoms with van der Waals surface area (Å²) in [5.41, 5.74) is -1.08. The zero-order valence-corrected chi connectivity index (χ0v) is 31.3. The van der Waals surface area contributed by atoms with Crippen LogP contribution in [-0.2, 0) is 23.7 Å². The van der Waals surface area contributed by atoms with Crippen molar-refractivity contribution in [3.8, 4) is 0 Å². The summed E-state index contributed by atoms with van der Waals surface area (Å²) in [5.74, 6) is 1.79. The van der Waals surface area contributed by atoms with Crippen molar-refractivity contribution in [3.05, 3.63) is 0 Å². The normalized spacial score (nSPS) is 51.5. The topological polar surface area (TPSA) is 118 Å². The molecule has 278 valence electrons. The minimum absolute atomic E-state index is 0.0227. The van der Waals surface area contributed by atoms with E-state index in [1.807, 2.05) is 4.90 Å². The smallest absolute Gasteiger partial charge is 0.226 e. The first-order valence-electron chi connectivity index (χ1n) is 19.9. The van der Waals surface area contributed by atoms with E-state index >= 15 is 0 Å². The molecule has 5 saturated carbocycles. The molecular weight excluding hydrogens is 622 g/mol. The minimum atomic E-state index is -1.26. The van der Waals surface area contributed by atoms with Crippen LogP contribution in [0.2, 0.25) is 0 Å². The first kappa shape index (κ1) is 35.2. The summed E-state index contributed by atoms with van der Waals surface area (Å²) in [5, 5.41) is 34.2. The molecule has 3 saturated heterocycles. The molecule has 5 aliphatic carbocycles. The molecule has 8 rings (SSSR count). The Morgan fingerprint density at radius 2 is 1.65 bits per heavy atom. The van der Waals surface area contributed by atoms with Gasteiger partial charge in [0, 0.05) is 31.1 Å². The van der Waals surface area contributed by atoms with Crippen LogP contribution in [-0.4, -0.2) is 101 Å². The number of amides is 1. The maximum absolute atomic E-state index is 13.3. The lowest BCUT2D eigenvalue weighted by Gasteiger charge is -2.64. The summed E-state index contributed by atoms with van der Waals surface area (Å²) in [4.78, 5) is 15.3. The molecule has 0 aromatic heterocycles. The first-order valence-corrected chi connectivity index (χ1v) is 19.9. The second-order valence-corrected chi connectivity index (χ2v) is 19.7. The van der Waals surface area contributed by atoms with Gasteiger partial charge < -0.3 is 39.2 Å². The van der Waals surface area contributed by atoms with E-state index in [0.717, 1.165) is 44.9 Å². The van der Waals surface area contributed by atoms with E-state index in [4.69, 9.17) is 18.9 Å². The zero-order valence-electron chi connectivity index (χ0n) is 31.3. The first-order chi connectivity index (χ1) is 23.0. The maximum atomic E-state index is 13.3. The van der Waals surface area contributed by atoms with E-state index in [9.17, 15) is 20.1 Å². The van der Waals surface area contributed by atoms with Gasteiger partial charge in [-0.25, -0.2) is 0 Å². The van der Waals surface area contributed by atoms with Gasteiger partial charge in [0.2, 0.25) is 5.91 Å². The molecule has 0 radical (unpaired) electrons. The molecule has 3 aliphatic heterocycles. The van der Waals surface area contributed by atoms with Crippen molar-refractivity contribution in [3.63, 3.8) is 0 Å². The number of carbonyl (C=O) groups excluding carboxylic acids is 1. The van der Waals surface area contributed by atoms with Crippen LogP contribution in [0.4, 0.5) is 0 Å². The molecule has 2 spiro atoms. The number of nitrogens with zero attached hydrogens (tertiary/aromatic N) is 1. The Labute approximate surface area is 294 Å². The van der Waals surface area contributed by atoms with Gasteiger partial charge in [0.15, 0.2) is 6.29 Å². The Kier molecular flexibility index (Phi) is 8.34. The summed E-state index contributed by atoms with van der Waals surface area (Å²) in [7, 11) is 0. The molecule has 0 aromatic rings. The number of fused-ring (bicyclic) bond motifs is 4. The lowest BCUT2D eigenvalue weighted by Crippen LogP contribution is -2.60. The van der Waals surface area contributed by atoms with E-state index in [2.05, 4.69) is 34.6 Å². The molecule has 49 heavy (non-hydrogen) atoms. The van der Waals surface area contributed by atoms with Crippen LogP contribution in [0, 0.1) is 56.7 Å². The summed E-state index contributed by atoms with van der Waals surface area (Å²) < 4.78 is 25.2. The van der Waals surface area contributed by atoms with Crippen LogP contribution >= 0.6 is 0 Å². The molecule has 8 fully saturated rings. The third-order valence-electron chi connectivity index (χ3n) is 17.1. The predicted molar refractivity (Wildman–Crippen MR) is 183 cm³/mol. The van der Waals surface area contributed by atoms with E-state index in [-0.39, 0.29) is 69.2 Å². The Hall–Kier alpha value is -0.810. The second-order valence-electron chi connectivity index (χ2n) is 19.7. The Morgan fingerprint density at radius 1 is 0.959 bits per heavy atom. The van der Waals surface area contributed by atoms with Gasteiger partial charge in [0.25, 0.3) is 0 Å². The average Bonchev–Trinajstić information content (AvgIpc) is 3.70.